The van der Waals surface area contributed by atoms with E-state index in [0.29, 0.717) is 17.1 Å². The van der Waals surface area contributed by atoms with Crippen LogP contribution in [0.15, 0.2) is 36.5 Å². The van der Waals surface area contributed by atoms with E-state index in [0.717, 1.165) is 6.21 Å². The first-order valence-electron chi connectivity index (χ1n) is 9.57. The molecule has 160 valence electrons. The van der Waals surface area contributed by atoms with Gasteiger partial charge in [-0.05, 0) is 30.3 Å². The smallest absolute Gasteiger partial charge is 0.335 e. The second kappa shape index (κ2) is 9.91. The molecule has 9 heteroatoms. The van der Waals surface area contributed by atoms with Crippen molar-refractivity contribution >= 4 is 29.6 Å². The van der Waals surface area contributed by atoms with Crippen LogP contribution >= 0.6 is 0 Å². The summed E-state index contributed by atoms with van der Waals surface area (Å²) >= 11 is 0. The Morgan fingerprint density at radius 1 is 1.17 bits per heavy atom. The first-order chi connectivity index (χ1) is 14.3. The van der Waals surface area contributed by atoms with Crippen LogP contribution in [0.1, 0.15) is 53.0 Å². The highest BCUT2D eigenvalue weighted by Gasteiger charge is 2.35. The number of carbonyl (C=O) groups is 2. The molecule has 1 aliphatic rings. The summed E-state index contributed by atoms with van der Waals surface area (Å²) in [5, 5.41) is 19.5. The molecular weight excluding hydrogens is 394 g/mol. The SMILES string of the molecule is CC.N=Cc1cc(C(=O)N2CCC(F)(F)CC2)cnc1Nc1ccc(C(=O)O)cc1. The summed E-state index contributed by atoms with van der Waals surface area (Å²) in [5.74, 6) is -3.86. The molecule has 0 atom stereocenters. The van der Waals surface area contributed by atoms with Gasteiger partial charge in [0.15, 0.2) is 0 Å². The van der Waals surface area contributed by atoms with Gasteiger partial charge in [-0.1, -0.05) is 13.8 Å². The van der Waals surface area contributed by atoms with E-state index in [-0.39, 0.29) is 37.1 Å². The maximum atomic E-state index is 13.3. The highest BCUT2D eigenvalue weighted by atomic mass is 19.3. The number of piperidine rings is 1. The van der Waals surface area contributed by atoms with Crippen molar-refractivity contribution in [1.29, 1.82) is 5.41 Å². The average molecular weight is 418 g/mol. The van der Waals surface area contributed by atoms with Crippen molar-refractivity contribution in [3.63, 3.8) is 0 Å². The number of carboxylic acids is 1. The second-order valence-electron chi connectivity index (χ2n) is 6.46. The molecule has 0 aliphatic carbocycles. The van der Waals surface area contributed by atoms with Crippen LogP contribution in [0, 0.1) is 5.41 Å². The molecule has 1 amide bonds. The van der Waals surface area contributed by atoms with Crippen LogP contribution < -0.4 is 5.32 Å². The summed E-state index contributed by atoms with van der Waals surface area (Å²) < 4.78 is 26.5. The van der Waals surface area contributed by atoms with Crippen LogP contribution in [0.3, 0.4) is 0 Å². The maximum Gasteiger partial charge on any atom is 0.335 e. The number of amides is 1. The van der Waals surface area contributed by atoms with E-state index >= 15 is 0 Å². The summed E-state index contributed by atoms with van der Waals surface area (Å²) in [4.78, 5) is 29.0. The van der Waals surface area contributed by atoms with Gasteiger partial charge in [0.25, 0.3) is 11.8 Å². The van der Waals surface area contributed by atoms with Crippen LogP contribution in [-0.4, -0.2) is 52.1 Å². The number of hydrogen-bond donors (Lipinski definition) is 3. The Balaban J connectivity index is 0.00000155. The molecule has 2 heterocycles. The number of nitrogens with one attached hydrogen (secondary N) is 2. The van der Waals surface area contributed by atoms with E-state index in [1.54, 1.807) is 12.1 Å². The van der Waals surface area contributed by atoms with Crippen molar-refractivity contribution in [3.05, 3.63) is 53.2 Å². The van der Waals surface area contributed by atoms with Gasteiger partial charge >= 0.3 is 5.97 Å². The minimum absolute atomic E-state index is 0.0261. The van der Waals surface area contributed by atoms with Crippen molar-refractivity contribution in [2.24, 2.45) is 0 Å². The van der Waals surface area contributed by atoms with Gasteiger partial charge in [0.2, 0.25) is 0 Å². The number of carboxylic acid groups (broad SMARTS) is 1. The number of benzene rings is 1. The highest BCUT2D eigenvalue weighted by Crippen LogP contribution is 2.28. The third-order valence-electron chi connectivity index (χ3n) is 4.50. The van der Waals surface area contributed by atoms with Gasteiger partial charge in [-0.25, -0.2) is 18.6 Å². The number of nitrogens with zero attached hydrogens (tertiary/aromatic N) is 2. The zero-order chi connectivity index (χ0) is 22.3. The van der Waals surface area contributed by atoms with Crippen LogP contribution in [-0.2, 0) is 0 Å². The number of alkyl halides is 2. The van der Waals surface area contributed by atoms with Crippen LogP contribution in [0.4, 0.5) is 20.3 Å². The lowest BCUT2D eigenvalue weighted by Crippen LogP contribution is -2.42. The Morgan fingerprint density at radius 3 is 2.30 bits per heavy atom. The van der Waals surface area contributed by atoms with E-state index < -0.39 is 17.8 Å². The number of aromatic nitrogens is 1. The summed E-state index contributed by atoms with van der Waals surface area (Å²) in [7, 11) is 0. The molecule has 30 heavy (non-hydrogen) atoms. The molecule has 0 bridgehead atoms. The second-order valence-corrected chi connectivity index (χ2v) is 6.46. The number of aromatic carboxylic acids is 1. The molecule has 1 aromatic heterocycles. The molecule has 0 unspecified atom stereocenters. The third-order valence-corrected chi connectivity index (χ3v) is 4.50. The molecule has 1 aliphatic heterocycles. The van der Waals surface area contributed by atoms with Crippen LogP contribution in [0.5, 0.6) is 0 Å². The summed E-state index contributed by atoms with van der Waals surface area (Å²) in [6, 6.07) is 7.46. The van der Waals surface area contributed by atoms with Crippen molar-refractivity contribution < 1.29 is 23.5 Å². The Labute approximate surface area is 173 Å². The number of hydrogen-bond acceptors (Lipinski definition) is 5. The third kappa shape index (κ3) is 5.59. The van der Waals surface area contributed by atoms with Gasteiger partial charge in [0.05, 0.1) is 11.1 Å². The topological polar surface area (TPSA) is 106 Å². The standard InChI is InChI=1S/C19H18F2N4O3.C2H6/c20-19(21)5-7-25(8-6-19)17(26)14-9-13(10-22)16(23-11-14)24-15-3-1-12(2-4-15)18(27)28;1-2/h1-4,9-11,22H,5-8H2,(H,23,24)(H,27,28);1-2H3. The number of halogens is 2. The van der Waals surface area contributed by atoms with Crippen LogP contribution in [0.2, 0.25) is 0 Å². The monoisotopic (exact) mass is 418 g/mol. The zero-order valence-corrected chi connectivity index (χ0v) is 16.8. The molecule has 1 saturated heterocycles. The molecule has 0 spiro atoms. The predicted octanol–water partition coefficient (Wildman–Crippen LogP) is 4.42. The van der Waals surface area contributed by atoms with Crippen molar-refractivity contribution in [2.45, 2.75) is 32.6 Å². The zero-order valence-electron chi connectivity index (χ0n) is 16.8. The fourth-order valence-electron chi connectivity index (χ4n) is 2.87. The molecule has 7 nitrogen and oxygen atoms in total. The minimum Gasteiger partial charge on any atom is -0.478 e. The molecule has 0 saturated carbocycles. The Hall–Kier alpha value is -3.36. The first kappa shape index (κ1) is 22.9. The Morgan fingerprint density at radius 2 is 1.77 bits per heavy atom. The quantitative estimate of drug-likeness (QED) is 0.623. The molecule has 1 fully saturated rings. The first-order valence-corrected chi connectivity index (χ1v) is 9.57. The number of rotatable bonds is 5. The van der Waals surface area contributed by atoms with Gasteiger partial charge in [-0.2, -0.15) is 0 Å². The summed E-state index contributed by atoms with van der Waals surface area (Å²) in [5.41, 5.74) is 1.27. The number of carbonyl (C=O) groups excluding carboxylic acids is 1. The number of anilines is 2. The van der Waals surface area contributed by atoms with E-state index in [4.69, 9.17) is 10.5 Å². The van der Waals surface area contributed by atoms with E-state index in [9.17, 15) is 18.4 Å². The predicted molar refractivity (Wildman–Crippen MR) is 110 cm³/mol. The largest absolute Gasteiger partial charge is 0.478 e. The molecule has 3 N–H and O–H groups in total. The van der Waals surface area contributed by atoms with E-state index in [1.807, 2.05) is 13.8 Å². The molecule has 3 rings (SSSR count). The van der Waals surface area contributed by atoms with Crippen molar-refractivity contribution in [1.82, 2.24) is 9.88 Å². The highest BCUT2D eigenvalue weighted by molar-refractivity contribution is 5.97. The number of likely N-dealkylation sites (tertiary alicyclic amines) is 1. The summed E-state index contributed by atoms with van der Waals surface area (Å²) in [6.45, 7) is 3.95. The molecular formula is C21H24F2N4O3. The molecule has 0 radical (unpaired) electrons. The van der Waals surface area contributed by atoms with Gasteiger partial charge in [0, 0.05) is 49.6 Å². The lowest BCUT2D eigenvalue weighted by Gasteiger charge is -2.31. The summed E-state index contributed by atoms with van der Waals surface area (Å²) in [6.07, 6.45) is 1.63. The molecule has 1 aromatic carbocycles. The van der Waals surface area contributed by atoms with Gasteiger partial charge in [-0.3, -0.25) is 4.79 Å². The Kier molecular flexibility index (Phi) is 7.57. The lowest BCUT2D eigenvalue weighted by molar-refractivity contribution is -0.0494. The van der Waals surface area contributed by atoms with E-state index in [1.165, 1.54) is 29.3 Å². The fraction of sp³-hybridized carbons (Fsp3) is 0.333. The fourth-order valence-corrected chi connectivity index (χ4v) is 2.87. The normalized spacial score (nSPS) is 14.9. The average Bonchev–Trinajstić information content (AvgIpc) is 2.75. The van der Waals surface area contributed by atoms with Gasteiger partial charge < -0.3 is 20.7 Å². The number of pyridine rings is 1. The lowest BCUT2D eigenvalue weighted by atomic mass is 10.1. The van der Waals surface area contributed by atoms with Gasteiger partial charge in [0.1, 0.15) is 5.82 Å². The van der Waals surface area contributed by atoms with Crippen molar-refractivity contribution in [3.8, 4) is 0 Å². The molecule has 2 aromatic rings. The maximum absolute atomic E-state index is 13.3. The van der Waals surface area contributed by atoms with Crippen LogP contribution in [0.25, 0.3) is 0 Å². The van der Waals surface area contributed by atoms with Gasteiger partial charge in [-0.15, -0.1) is 0 Å². The minimum atomic E-state index is -2.74. The Bertz CT molecular complexity index is 907. The van der Waals surface area contributed by atoms with E-state index in [2.05, 4.69) is 10.3 Å². The van der Waals surface area contributed by atoms with Crippen molar-refractivity contribution in [2.75, 3.05) is 18.4 Å².